The SMILES string of the molecule is CCC(=O)CCCCCNC(=O)CCSSCCC(=O)Nc1ncnc2c1ncn2[C@H]1CC(O)[C@@H](COC)O1. The van der Waals surface area contributed by atoms with Crippen LogP contribution in [0.3, 0.4) is 0 Å². The van der Waals surface area contributed by atoms with Gasteiger partial charge in [0.25, 0.3) is 0 Å². The van der Waals surface area contributed by atoms with E-state index in [9.17, 15) is 19.5 Å². The molecular formula is C25H38N6O6S2. The van der Waals surface area contributed by atoms with Crippen molar-refractivity contribution in [3.63, 3.8) is 0 Å². The molecule has 39 heavy (non-hydrogen) atoms. The van der Waals surface area contributed by atoms with E-state index in [1.54, 1.807) is 39.6 Å². The molecule has 3 atom stereocenters. The van der Waals surface area contributed by atoms with Crippen molar-refractivity contribution in [3.05, 3.63) is 12.7 Å². The second-order valence-corrected chi connectivity index (χ2v) is 11.9. The lowest BCUT2D eigenvalue weighted by atomic mass is 10.1. The van der Waals surface area contributed by atoms with Gasteiger partial charge in [-0.2, -0.15) is 0 Å². The highest BCUT2D eigenvalue weighted by Crippen LogP contribution is 2.32. The maximum Gasteiger partial charge on any atom is 0.226 e. The van der Waals surface area contributed by atoms with Gasteiger partial charge < -0.3 is 25.2 Å². The minimum atomic E-state index is -0.655. The van der Waals surface area contributed by atoms with Gasteiger partial charge in [-0.3, -0.25) is 19.0 Å². The summed E-state index contributed by atoms with van der Waals surface area (Å²) >= 11 is 0. The summed E-state index contributed by atoms with van der Waals surface area (Å²) in [6, 6.07) is 0. The first-order valence-electron chi connectivity index (χ1n) is 13.3. The molecule has 1 unspecified atom stereocenters. The monoisotopic (exact) mass is 582 g/mol. The molecule has 14 heteroatoms. The zero-order valence-corrected chi connectivity index (χ0v) is 24.1. The molecule has 1 aliphatic heterocycles. The van der Waals surface area contributed by atoms with Crippen LogP contribution in [0.4, 0.5) is 5.82 Å². The molecule has 3 heterocycles. The van der Waals surface area contributed by atoms with Crippen LogP contribution in [0.1, 0.15) is 64.5 Å². The van der Waals surface area contributed by atoms with Crippen molar-refractivity contribution in [2.45, 2.75) is 76.7 Å². The highest BCUT2D eigenvalue weighted by molar-refractivity contribution is 8.76. The molecular weight excluding hydrogens is 544 g/mol. The number of carbonyl (C=O) groups excluding carboxylic acids is 3. The Balaban J connectivity index is 1.31. The summed E-state index contributed by atoms with van der Waals surface area (Å²) in [4.78, 5) is 48.5. The average Bonchev–Trinajstić information content (AvgIpc) is 3.52. The molecule has 12 nitrogen and oxygen atoms in total. The summed E-state index contributed by atoms with van der Waals surface area (Å²) in [7, 11) is 4.66. The van der Waals surface area contributed by atoms with Gasteiger partial charge in [0.2, 0.25) is 11.8 Å². The summed E-state index contributed by atoms with van der Waals surface area (Å²) in [5.41, 5.74) is 0.951. The van der Waals surface area contributed by atoms with Gasteiger partial charge in [0.05, 0.1) is 19.0 Å². The van der Waals surface area contributed by atoms with Crippen molar-refractivity contribution in [3.8, 4) is 0 Å². The number of nitrogens with zero attached hydrogens (tertiary/aromatic N) is 4. The first kappa shape index (κ1) is 31.3. The number of imidazole rings is 1. The number of ether oxygens (including phenoxy) is 2. The third kappa shape index (κ3) is 10.0. The Morgan fingerprint density at radius 1 is 1.10 bits per heavy atom. The molecule has 3 N–H and O–H groups in total. The van der Waals surface area contributed by atoms with E-state index < -0.39 is 18.4 Å². The van der Waals surface area contributed by atoms with E-state index in [1.807, 2.05) is 6.92 Å². The molecule has 1 fully saturated rings. The molecule has 3 rings (SSSR count). The number of nitrogens with one attached hydrogen (secondary N) is 2. The van der Waals surface area contributed by atoms with Gasteiger partial charge >= 0.3 is 0 Å². The number of fused-ring (bicyclic) bond motifs is 1. The van der Waals surface area contributed by atoms with Crippen molar-refractivity contribution < 1.29 is 29.0 Å². The van der Waals surface area contributed by atoms with Crippen LogP contribution in [0.15, 0.2) is 12.7 Å². The molecule has 2 amide bonds. The Labute approximate surface area is 236 Å². The van der Waals surface area contributed by atoms with Crippen LogP contribution >= 0.6 is 21.6 Å². The second-order valence-electron chi connectivity index (χ2n) is 9.18. The quantitative estimate of drug-likeness (QED) is 0.175. The van der Waals surface area contributed by atoms with E-state index in [2.05, 4.69) is 25.6 Å². The maximum atomic E-state index is 12.5. The van der Waals surface area contributed by atoms with E-state index in [-0.39, 0.29) is 24.8 Å². The van der Waals surface area contributed by atoms with Crippen LogP contribution < -0.4 is 10.6 Å². The molecule has 0 radical (unpaired) electrons. The molecule has 0 bridgehead atoms. The van der Waals surface area contributed by atoms with Crippen molar-refractivity contribution in [1.29, 1.82) is 0 Å². The van der Waals surface area contributed by atoms with E-state index in [4.69, 9.17) is 9.47 Å². The number of amides is 2. The van der Waals surface area contributed by atoms with E-state index >= 15 is 0 Å². The molecule has 2 aromatic heterocycles. The summed E-state index contributed by atoms with van der Waals surface area (Å²) in [6.45, 7) is 2.80. The minimum Gasteiger partial charge on any atom is -0.390 e. The Hall–Kier alpha value is -2.26. The minimum absolute atomic E-state index is 0.0180. The third-order valence-corrected chi connectivity index (χ3v) is 8.63. The standard InChI is InChI=1S/C25H38N6O6S2/c1-3-17(32)7-5-4-6-10-26-20(34)8-11-38-39-12-9-21(35)30-24-23-25(28-15-27-24)31(16-29-23)22-13-18(33)19(37-22)14-36-2/h15-16,18-19,22,33H,3-14H2,1-2H3,(H,26,34)(H,27,28,30,35)/t18?,19-,22-/m1/s1. The van der Waals surface area contributed by atoms with Crippen LogP contribution in [0.25, 0.3) is 11.2 Å². The number of aromatic nitrogens is 4. The fourth-order valence-electron chi connectivity index (χ4n) is 4.05. The Kier molecular flexibility index (Phi) is 13.4. The van der Waals surface area contributed by atoms with Crippen LogP contribution in [-0.2, 0) is 23.9 Å². The normalized spacial score (nSPS) is 18.9. The van der Waals surface area contributed by atoms with Crippen LogP contribution in [0.2, 0.25) is 0 Å². The zero-order chi connectivity index (χ0) is 28.0. The van der Waals surface area contributed by atoms with Gasteiger partial charge in [0.1, 0.15) is 24.4 Å². The molecule has 2 aromatic rings. The number of hydrogen-bond acceptors (Lipinski definition) is 11. The first-order valence-corrected chi connectivity index (χ1v) is 15.7. The van der Waals surface area contributed by atoms with Crippen molar-refractivity contribution in [2.24, 2.45) is 0 Å². The van der Waals surface area contributed by atoms with Crippen molar-refractivity contribution in [1.82, 2.24) is 24.8 Å². The number of methoxy groups -OCH3 is 1. The van der Waals surface area contributed by atoms with Crippen LogP contribution in [-0.4, -0.2) is 86.2 Å². The van der Waals surface area contributed by atoms with Gasteiger partial charge in [0, 0.05) is 57.3 Å². The molecule has 1 saturated heterocycles. The summed E-state index contributed by atoms with van der Waals surface area (Å²) in [5, 5.41) is 15.9. The molecule has 0 saturated carbocycles. The largest absolute Gasteiger partial charge is 0.390 e. The van der Waals surface area contributed by atoms with E-state index in [1.165, 1.54) is 6.33 Å². The molecule has 0 aromatic carbocycles. The van der Waals surface area contributed by atoms with Gasteiger partial charge in [-0.25, -0.2) is 15.0 Å². The second kappa shape index (κ2) is 16.8. The lowest BCUT2D eigenvalue weighted by Gasteiger charge is -2.14. The predicted molar refractivity (Wildman–Crippen MR) is 151 cm³/mol. The topological polar surface area (TPSA) is 158 Å². The summed E-state index contributed by atoms with van der Waals surface area (Å²) < 4.78 is 12.7. The zero-order valence-electron chi connectivity index (χ0n) is 22.5. The van der Waals surface area contributed by atoms with Gasteiger partial charge in [-0.05, 0) is 12.8 Å². The number of ketones is 1. The highest BCUT2D eigenvalue weighted by Gasteiger charge is 2.35. The smallest absolute Gasteiger partial charge is 0.226 e. The number of Topliss-reactive ketones (excluding diaryl/α,β-unsaturated/α-hetero) is 1. The van der Waals surface area contributed by atoms with Crippen molar-refractivity contribution >= 4 is 56.2 Å². The molecule has 216 valence electrons. The number of aliphatic hydroxyl groups excluding tert-OH is 1. The van der Waals surface area contributed by atoms with Gasteiger partial charge in [-0.1, -0.05) is 34.9 Å². The maximum absolute atomic E-state index is 12.5. The highest BCUT2D eigenvalue weighted by atomic mass is 33.1. The van der Waals surface area contributed by atoms with Gasteiger partial charge in [-0.15, -0.1) is 0 Å². The molecule has 1 aliphatic rings. The number of carbonyl (C=O) groups is 3. The van der Waals surface area contributed by atoms with Crippen LogP contribution in [0.5, 0.6) is 0 Å². The third-order valence-electron chi connectivity index (χ3n) is 6.22. The lowest BCUT2D eigenvalue weighted by molar-refractivity contribution is -0.121. The number of anilines is 1. The number of unbranched alkanes of at least 4 members (excludes halogenated alkanes) is 2. The Bertz CT molecular complexity index is 1090. The number of hydrogen-bond donors (Lipinski definition) is 3. The number of aliphatic hydroxyl groups is 1. The van der Waals surface area contributed by atoms with Crippen LogP contribution in [0, 0.1) is 0 Å². The summed E-state index contributed by atoms with van der Waals surface area (Å²) in [5.74, 6) is 1.69. The lowest BCUT2D eigenvalue weighted by Crippen LogP contribution is -2.25. The number of rotatable bonds is 18. The first-order chi connectivity index (χ1) is 18.9. The van der Waals surface area contributed by atoms with Crippen molar-refractivity contribution in [2.75, 3.05) is 37.1 Å². The van der Waals surface area contributed by atoms with E-state index in [0.717, 1.165) is 19.3 Å². The molecule has 0 aliphatic carbocycles. The molecule has 0 spiro atoms. The summed E-state index contributed by atoms with van der Waals surface area (Å²) in [6.07, 6.45) is 6.41. The average molecular weight is 583 g/mol. The fourth-order valence-corrected chi connectivity index (χ4v) is 6.03. The Morgan fingerprint density at radius 2 is 1.87 bits per heavy atom. The van der Waals surface area contributed by atoms with E-state index in [0.29, 0.717) is 66.5 Å². The van der Waals surface area contributed by atoms with Gasteiger partial charge in [0.15, 0.2) is 17.0 Å². The fraction of sp³-hybridized carbons (Fsp3) is 0.680. The Morgan fingerprint density at radius 3 is 2.62 bits per heavy atom. The predicted octanol–water partition coefficient (Wildman–Crippen LogP) is 2.88.